The number of anilines is 1. The number of para-hydroxylation sites is 1. The highest BCUT2D eigenvalue weighted by atomic mass is 28.4. The maximum Gasteiger partial charge on any atom is 0.192 e. The van der Waals surface area contributed by atoms with Gasteiger partial charge in [-0.15, -0.1) is 0 Å². The Morgan fingerprint density at radius 2 is 1.85 bits per heavy atom. The predicted octanol–water partition coefficient (Wildman–Crippen LogP) is 5.01. The molecular formula is C21H29N3O2Si. The zero-order valence-corrected chi connectivity index (χ0v) is 17.8. The number of nitrogens with zero attached hydrogens (tertiary/aromatic N) is 2. The molecule has 27 heavy (non-hydrogen) atoms. The van der Waals surface area contributed by atoms with Crippen molar-refractivity contribution in [2.45, 2.75) is 45.4 Å². The second kappa shape index (κ2) is 7.02. The molecule has 2 aromatic carbocycles. The van der Waals surface area contributed by atoms with E-state index in [1.54, 1.807) is 6.07 Å². The molecule has 0 unspecified atom stereocenters. The number of nitrogens with two attached hydrogens (primary N) is 1. The van der Waals surface area contributed by atoms with E-state index < -0.39 is 8.32 Å². The molecule has 6 heteroatoms. The Hall–Kier alpha value is -2.31. The van der Waals surface area contributed by atoms with Gasteiger partial charge in [0.2, 0.25) is 0 Å². The molecule has 0 aliphatic rings. The molecule has 0 fully saturated rings. The van der Waals surface area contributed by atoms with Crippen molar-refractivity contribution in [2.24, 2.45) is 0 Å². The topological polar surface area (TPSA) is 73.3 Å². The third-order valence-corrected chi connectivity index (χ3v) is 10.1. The highest BCUT2D eigenvalue weighted by molar-refractivity contribution is 6.74. The Bertz CT molecular complexity index is 958. The Kier molecular flexibility index (Phi) is 5.05. The number of phenolic OH excluding ortho intramolecular Hbond substituents is 1. The summed E-state index contributed by atoms with van der Waals surface area (Å²) in [4.78, 5) is 0. The zero-order chi connectivity index (χ0) is 19.8. The number of aromatic nitrogens is 2. The number of hydrogen-bond donors (Lipinski definition) is 2. The van der Waals surface area contributed by atoms with Gasteiger partial charge in [0.25, 0.3) is 0 Å². The number of aromatic hydroxyl groups is 1. The van der Waals surface area contributed by atoms with Crippen molar-refractivity contribution in [3.8, 4) is 16.9 Å². The van der Waals surface area contributed by atoms with E-state index in [1.807, 2.05) is 41.1 Å². The van der Waals surface area contributed by atoms with E-state index in [-0.39, 0.29) is 10.8 Å². The largest absolute Gasteiger partial charge is 0.507 e. The average Bonchev–Trinajstić information content (AvgIpc) is 2.90. The number of phenols is 1. The Balaban J connectivity index is 1.88. The molecule has 3 N–H and O–H groups in total. The van der Waals surface area contributed by atoms with Crippen molar-refractivity contribution in [1.82, 2.24) is 9.78 Å². The van der Waals surface area contributed by atoms with Crippen LogP contribution in [0.25, 0.3) is 22.0 Å². The molecule has 144 valence electrons. The van der Waals surface area contributed by atoms with Crippen LogP contribution in [0.15, 0.2) is 42.5 Å². The van der Waals surface area contributed by atoms with Crippen molar-refractivity contribution in [3.05, 3.63) is 42.5 Å². The standard InChI is InChI=1S/C21H29N3O2Si/c1-21(2,3)27(4,5)26-13-12-24-18-14-15(10-11-17(18)20(22)23-24)16-8-6-7-9-19(16)25/h6-11,14,25H,12-13H2,1-5H3,(H2,22,23). The first-order valence-electron chi connectivity index (χ1n) is 9.28. The van der Waals surface area contributed by atoms with E-state index in [1.165, 1.54) is 0 Å². The van der Waals surface area contributed by atoms with Gasteiger partial charge in [-0.2, -0.15) is 5.10 Å². The van der Waals surface area contributed by atoms with E-state index in [9.17, 15) is 5.11 Å². The molecular weight excluding hydrogens is 354 g/mol. The normalized spacial score (nSPS) is 12.6. The highest BCUT2D eigenvalue weighted by Gasteiger charge is 2.36. The minimum atomic E-state index is -1.80. The maximum absolute atomic E-state index is 10.2. The molecule has 0 atom stereocenters. The lowest BCUT2D eigenvalue weighted by atomic mass is 10.0. The Labute approximate surface area is 161 Å². The number of nitrogen functional groups attached to an aromatic ring is 1. The fourth-order valence-corrected chi connectivity index (χ4v) is 3.89. The van der Waals surface area contributed by atoms with Crippen molar-refractivity contribution >= 4 is 25.0 Å². The second-order valence-electron chi connectivity index (χ2n) is 8.47. The van der Waals surface area contributed by atoms with Crippen LogP contribution in [-0.2, 0) is 11.0 Å². The van der Waals surface area contributed by atoms with Gasteiger partial charge < -0.3 is 15.3 Å². The highest BCUT2D eigenvalue weighted by Crippen LogP contribution is 2.36. The van der Waals surface area contributed by atoms with Gasteiger partial charge >= 0.3 is 0 Å². The van der Waals surface area contributed by atoms with Gasteiger partial charge in [0, 0.05) is 10.9 Å². The van der Waals surface area contributed by atoms with E-state index in [0.29, 0.717) is 19.0 Å². The second-order valence-corrected chi connectivity index (χ2v) is 13.3. The summed E-state index contributed by atoms with van der Waals surface area (Å²) >= 11 is 0. The summed E-state index contributed by atoms with van der Waals surface area (Å²) in [5.41, 5.74) is 8.79. The van der Waals surface area contributed by atoms with Gasteiger partial charge in [-0.25, -0.2) is 0 Å². The zero-order valence-electron chi connectivity index (χ0n) is 16.8. The van der Waals surface area contributed by atoms with Crippen molar-refractivity contribution < 1.29 is 9.53 Å². The first-order valence-corrected chi connectivity index (χ1v) is 12.2. The lowest BCUT2D eigenvalue weighted by Gasteiger charge is -2.36. The summed E-state index contributed by atoms with van der Waals surface area (Å²) < 4.78 is 8.19. The molecule has 0 amide bonds. The van der Waals surface area contributed by atoms with Gasteiger partial charge in [-0.05, 0) is 41.9 Å². The quantitative estimate of drug-likeness (QED) is 0.607. The van der Waals surface area contributed by atoms with Crippen LogP contribution in [-0.4, -0.2) is 29.8 Å². The van der Waals surface area contributed by atoms with Crippen molar-refractivity contribution in [2.75, 3.05) is 12.3 Å². The maximum atomic E-state index is 10.2. The molecule has 0 saturated heterocycles. The molecule has 0 radical (unpaired) electrons. The minimum Gasteiger partial charge on any atom is -0.507 e. The first-order chi connectivity index (χ1) is 12.6. The molecule has 1 aromatic heterocycles. The van der Waals surface area contributed by atoms with Crippen LogP contribution in [0.5, 0.6) is 5.75 Å². The van der Waals surface area contributed by atoms with Crippen LogP contribution in [0.1, 0.15) is 20.8 Å². The number of fused-ring (bicyclic) bond motifs is 1. The Morgan fingerprint density at radius 3 is 2.52 bits per heavy atom. The van der Waals surface area contributed by atoms with Gasteiger partial charge in [-0.3, -0.25) is 4.68 Å². The fourth-order valence-electron chi connectivity index (χ4n) is 2.86. The summed E-state index contributed by atoms with van der Waals surface area (Å²) in [5.74, 6) is 0.776. The minimum absolute atomic E-state index is 0.177. The summed E-state index contributed by atoms with van der Waals surface area (Å²) in [7, 11) is -1.80. The van der Waals surface area contributed by atoms with Gasteiger partial charge in [0.15, 0.2) is 14.1 Å². The summed E-state index contributed by atoms with van der Waals surface area (Å²) in [6.07, 6.45) is 0. The summed E-state index contributed by atoms with van der Waals surface area (Å²) in [5, 5.41) is 15.7. The van der Waals surface area contributed by atoms with Crippen LogP contribution in [0, 0.1) is 0 Å². The first kappa shape index (κ1) is 19.4. The summed E-state index contributed by atoms with van der Waals surface area (Å²) in [6, 6.07) is 13.3. The molecule has 0 bridgehead atoms. The van der Waals surface area contributed by atoms with Crippen LogP contribution in [0.2, 0.25) is 18.1 Å². The molecule has 3 aromatic rings. The molecule has 0 saturated carbocycles. The smallest absolute Gasteiger partial charge is 0.192 e. The van der Waals surface area contributed by atoms with E-state index in [2.05, 4.69) is 39.0 Å². The molecule has 5 nitrogen and oxygen atoms in total. The third kappa shape index (κ3) is 3.87. The fraction of sp³-hybridized carbons (Fsp3) is 0.381. The van der Waals surface area contributed by atoms with Crippen LogP contribution in [0.3, 0.4) is 0 Å². The van der Waals surface area contributed by atoms with Gasteiger partial charge in [-0.1, -0.05) is 45.0 Å². The predicted molar refractivity (Wildman–Crippen MR) is 114 cm³/mol. The van der Waals surface area contributed by atoms with Crippen LogP contribution >= 0.6 is 0 Å². The van der Waals surface area contributed by atoms with E-state index in [4.69, 9.17) is 10.2 Å². The number of rotatable bonds is 5. The lowest BCUT2D eigenvalue weighted by molar-refractivity contribution is 0.268. The Morgan fingerprint density at radius 1 is 1.15 bits per heavy atom. The van der Waals surface area contributed by atoms with E-state index >= 15 is 0 Å². The van der Waals surface area contributed by atoms with Crippen LogP contribution in [0.4, 0.5) is 5.82 Å². The van der Waals surface area contributed by atoms with Crippen molar-refractivity contribution in [1.29, 1.82) is 0 Å². The average molecular weight is 384 g/mol. The third-order valence-electron chi connectivity index (χ3n) is 5.57. The van der Waals surface area contributed by atoms with Gasteiger partial charge in [0.1, 0.15) is 5.75 Å². The molecule has 1 heterocycles. The lowest BCUT2D eigenvalue weighted by Crippen LogP contribution is -2.41. The molecule has 0 spiro atoms. The molecule has 3 rings (SSSR count). The van der Waals surface area contributed by atoms with E-state index in [0.717, 1.165) is 22.0 Å². The SMILES string of the molecule is CC(C)(C)[Si](C)(C)OCCn1nc(N)c2ccc(-c3ccccc3O)cc21. The number of benzene rings is 2. The van der Waals surface area contributed by atoms with Crippen molar-refractivity contribution in [3.63, 3.8) is 0 Å². The van der Waals surface area contributed by atoms with Gasteiger partial charge in [0.05, 0.1) is 18.7 Å². The monoisotopic (exact) mass is 383 g/mol. The summed E-state index contributed by atoms with van der Waals surface area (Å²) in [6.45, 7) is 12.5. The molecule has 0 aliphatic heterocycles. The number of hydrogen-bond acceptors (Lipinski definition) is 4. The van der Waals surface area contributed by atoms with Crippen LogP contribution < -0.4 is 5.73 Å². The molecule has 0 aliphatic carbocycles.